The van der Waals surface area contributed by atoms with Gasteiger partial charge in [-0.2, -0.15) is 0 Å². The van der Waals surface area contributed by atoms with Gasteiger partial charge in [-0.1, -0.05) is 45.2 Å². The molecule has 0 bridgehead atoms. The van der Waals surface area contributed by atoms with Crippen molar-refractivity contribution >= 4 is 0 Å². The van der Waals surface area contributed by atoms with Crippen LogP contribution in [0.25, 0.3) is 0 Å². The largest absolute Gasteiger partial charge is 0.359 e. The zero-order valence-corrected chi connectivity index (χ0v) is 12.1. The summed E-state index contributed by atoms with van der Waals surface area (Å²) < 4.78 is 0. The molecule has 0 saturated heterocycles. The normalized spacial score (nSPS) is 23.6. The minimum absolute atomic E-state index is 0.510. The van der Waals surface area contributed by atoms with Crippen LogP contribution in [-0.4, -0.2) is 0 Å². The van der Waals surface area contributed by atoms with Gasteiger partial charge in [0, 0.05) is 17.3 Å². The molecule has 0 amide bonds. The van der Waals surface area contributed by atoms with E-state index < -0.39 is 0 Å². The predicted octanol–water partition coefficient (Wildman–Crippen LogP) is 4.73. The third-order valence-corrected chi connectivity index (χ3v) is 3.81. The van der Waals surface area contributed by atoms with E-state index in [1.165, 1.54) is 11.3 Å². The molecule has 0 saturated carbocycles. The molecule has 2 atom stereocenters. The summed E-state index contributed by atoms with van der Waals surface area (Å²) in [5.41, 5.74) is 4.28. The zero-order valence-electron chi connectivity index (χ0n) is 12.1. The van der Waals surface area contributed by atoms with Crippen molar-refractivity contribution in [2.75, 3.05) is 0 Å². The Morgan fingerprint density at radius 1 is 1.44 bits per heavy atom. The quantitative estimate of drug-likeness (QED) is 0.688. The average Bonchev–Trinajstić information content (AvgIpc) is 2.39. The fraction of sp³-hybridized carbons (Fsp3) is 0.412. The van der Waals surface area contributed by atoms with Gasteiger partial charge in [0.2, 0.25) is 0 Å². The Morgan fingerprint density at radius 3 is 2.67 bits per heavy atom. The lowest BCUT2D eigenvalue weighted by molar-refractivity contribution is 0.452. The van der Waals surface area contributed by atoms with Gasteiger partial charge in [-0.05, 0) is 43.4 Å². The number of hydrogen-bond donors (Lipinski definition) is 1. The summed E-state index contributed by atoms with van der Waals surface area (Å²) in [7, 11) is 0. The van der Waals surface area contributed by atoms with Crippen LogP contribution in [-0.2, 0) is 0 Å². The van der Waals surface area contributed by atoms with E-state index in [9.17, 15) is 0 Å². The van der Waals surface area contributed by atoms with Crippen molar-refractivity contribution in [1.82, 2.24) is 5.32 Å². The Bertz CT molecular complexity index is 421. The highest BCUT2D eigenvalue weighted by Gasteiger charge is 2.20. The number of hydrogen-bond acceptors (Lipinski definition) is 1. The molecule has 0 fully saturated rings. The molecule has 18 heavy (non-hydrogen) atoms. The van der Waals surface area contributed by atoms with Gasteiger partial charge >= 0.3 is 0 Å². The van der Waals surface area contributed by atoms with Crippen LogP contribution >= 0.6 is 0 Å². The third-order valence-electron chi connectivity index (χ3n) is 3.81. The van der Waals surface area contributed by atoms with Gasteiger partial charge in [-0.25, -0.2) is 0 Å². The van der Waals surface area contributed by atoms with Gasteiger partial charge in [-0.3, -0.25) is 0 Å². The van der Waals surface area contributed by atoms with Crippen molar-refractivity contribution in [1.29, 1.82) is 0 Å². The van der Waals surface area contributed by atoms with Crippen molar-refractivity contribution in [3.63, 3.8) is 0 Å². The standard InChI is InChI=1S/C17H25N/c1-7-12(3)13(4)15(6)18-17-11-9-10-16(8-2)14(17)5/h7,9-11,14,16,18H,4,6,8H2,1-3,5H3/b12-7-. The average molecular weight is 243 g/mol. The molecule has 2 unspecified atom stereocenters. The molecule has 0 aromatic rings. The Morgan fingerprint density at radius 2 is 2.11 bits per heavy atom. The topological polar surface area (TPSA) is 12.0 Å². The molecule has 1 heteroatoms. The third kappa shape index (κ3) is 3.25. The molecule has 0 radical (unpaired) electrons. The van der Waals surface area contributed by atoms with Crippen molar-refractivity contribution in [2.24, 2.45) is 11.8 Å². The van der Waals surface area contributed by atoms with Crippen LogP contribution in [0.1, 0.15) is 34.1 Å². The fourth-order valence-corrected chi connectivity index (χ4v) is 2.16. The van der Waals surface area contributed by atoms with E-state index in [1.807, 2.05) is 6.92 Å². The van der Waals surface area contributed by atoms with Gasteiger partial charge in [0.25, 0.3) is 0 Å². The lowest BCUT2D eigenvalue weighted by Gasteiger charge is -2.27. The Kier molecular flexibility index (Phi) is 5.21. The van der Waals surface area contributed by atoms with Crippen molar-refractivity contribution in [3.8, 4) is 0 Å². The van der Waals surface area contributed by atoms with E-state index in [-0.39, 0.29) is 0 Å². The van der Waals surface area contributed by atoms with E-state index >= 15 is 0 Å². The van der Waals surface area contributed by atoms with Crippen molar-refractivity contribution in [3.05, 3.63) is 60.0 Å². The van der Waals surface area contributed by atoms with Gasteiger partial charge < -0.3 is 5.32 Å². The summed E-state index contributed by atoms with van der Waals surface area (Å²) in [4.78, 5) is 0. The Labute approximate surface area is 112 Å². The maximum absolute atomic E-state index is 4.09. The van der Waals surface area contributed by atoms with E-state index in [1.54, 1.807) is 0 Å². The Balaban J connectivity index is 2.74. The van der Waals surface area contributed by atoms with E-state index in [0.717, 1.165) is 17.7 Å². The minimum Gasteiger partial charge on any atom is -0.359 e. The number of allylic oxidation sites excluding steroid dienone is 6. The molecule has 1 aliphatic carbocycles. The summed E-state index contributed by atoms with van der Waals surface area (Å²) in [5.74, 6) is 1.12. The number of nitrogens with one attached hydrogen (secondary N) is 1. The van der Waals surface area contributed by atoms with Crippen LogP contribution in [0.15, 0.2) is 60.0 Å². The first-order valence-electron chi connectivity index (χ1n) is 6.68. The highest BCUT2D eigenvalue weighted by atomic mass is 14.9. The minimum atomic E-state index is 0.510. The van der Waals surface area contributed by atoms with Crippen LogP contribution in [0, 0.1) is 11.8 Å². The van der Waals surface area contributed by atoms with E-state index in [4.69, 9.17) is 0 Å². The van der Waals surface area contributed by atoms with Gasteiger partial charge in [-0.15, -0.1) is 0 Å². The van der Waals surface area contributed by atoms with Crippen LogP contribution in [0.2, 0.25) is 0 Å². The lowest BCUT2D eigenvalue weighted by Crippen LogP contribution is -2.25. The molecule has 0 heterocycles. The van der Waals surface area contributed by atoms with Gasteiger partial charge in [0.1, 0.15) is 0 Å². The summed E-state index contributed by atoms with van der Waals surface area (Å²) in [6, 6.07) is 0. The lowest BCUT2D eigenvalue weighted by atomic mass is 9.85. The first-order valence-corrected chi connectivity index (χ1v) is 6.68. The second kappa shape index (κ2) is 6.44. The molecule has 0 spiro atoms. The molecule has 0 aliphatic heterocycles. The monoisotopic (exact) mass is 243 g/mol. The van der Waals surface area contributed by atoms with E-state index in [2.05, 4.69) is 63.5 Å². The highest BCUT2D eigenvalue weighted by molar-refractivity contribution is 5.43. The molecule has 0 aromatic carbocycles. The van der Waals surface area contributed by atoms with Crippen LogP contribution in [0.3, 0.4) is 0 Å². The summed E-state index contributed by atoms with van der Waals surface area (Å²) in [6.07, 6.45) is 9.78. The van der Waals surface area contributed by atoms with Crippen molar-refractivity contribution < 1.29 is 0 Å². The predicted molar refractivity (Wildman–Crippen MR) is 81.0 cm³/mol. The highest BCUT2D eigenvalue weighted by Crippen LogP contribution is 2.28. The first kappa shape index (κ1) is 14.6. The second-order valence-electron chi connectivity index (χ2n) is 4.92. The number of rotatable bonds is 5. The zero-order chi connectivity index (χ0) is 13.7. The first-order chi connectivity index (χ1) is 8.51. The maximum atomic E-state index is 4.09. The second-order valence-corrected chi connectivity index (χ2v) is 4.92. The van der Waals surface area contributed by atoms with Crippen LogP contribution < -0.4 is 5.32 Å². The summed E-state index contributed by atoms with van der Waals surface area (Å²) >= 11 is 0. The molecule has 1 nitrogen and oxygen atoms in total. The SMILES string of the molecule is C=C(NC1=CC=CC(CC)C1C)C(=C)/C(C)=C\C. The molecule has 1 rings (SSSR count). The summed E-state index contributed by atoms with van der Waals surface area (Å²) in [5, 5.41) is 3.42. The molecular formula is C17H25N. The molecule has 1 N–H and O–H groups in total. The molecule has 98 valence electrons. The van der Waals surface area contributed by atoms with Gasteiger partial charge in [0.15, 0.2) is 0 Å². The van der Waals surface area contributed by atoms with E-state index in [0.29, 0.717) is 11.8 Å². The smallest absolute Gasteiger partial charge is 0.0379 e. The molecule has 1 aliphatic rings. The Hall–Kier alpha value is -1.50. The van der Waals surface area contributed by atoms with Crippen molar-refractivity contribution in [2.45, 2.75) is 34.1 Å². The molecule has 0 aromatic heterocycles. The van der Waals surface area contributed by atoms with Gasteiger partial charge in [0.05, 0.1) is 0 Å². The maximum Gasteiger partial charge on any atom is 0.0379 e. The summed E-state index contributed by atoms with van der Waals surface area (Å²) in [6.45, 7) is 16.7. The molecular weight excluding hydrogens is 218 g/mol. The fourth-order valence-electron chi connectivity index (χ4n) is 2.16. The van der Waals surface area contributed by atoms with Crippen LogP contribution in [0.5, 0.6) is 0 Å². The van der Waals surface area contributed by atoms with Crippen LogP contribution in [0.4, 0.5) is 0 Å².